The number of benzene rings is 2. The number of aliphatic hydroxyl groups excluding tert-OH is 1. The van der Waals surface area contributed by atoms with Gasteiger partial charge in [0.05, 0.1) is 12.3 Å². The lowest BCUT2D eigenvalue weighted by molar-refractivity contribution is 0.281. The van der Waals surface area contributed by atoms with Crippen LogP contribution >= 0.6 is 0 Å². The first-order chi connectivity index (χ1) is 11.3. The summed E-state index contributed by atoms with van der Waals surface area (Å²) in [6, 6.07) is 19.6. The SMILES string of the molecule is O=c1c(-c2ccccc2)cc(CO)c2n1CCc1ccccc1-2. The summed E-state index contributed by atoms with van der Waals surface area (Å²) in [5, 5.41) is 9.87. The van der Waals surface area contributed by atoms with Crippen LogP contribution in [0.15, 0.2) is 65.5 Å². The summed E-state index contributed by atoms with van der Waals surface area (Å²) in [6.45, 7) is 0.572. The average molecular weight is 303 g/mol. The Morgan fingerprint density at radius 3 is 2.48 bits per heavy atom. The molecule has 23 heavy (non-hydrogen) atoms. The number of pyridine rings is 1. The van der Waals surface area contributed by atoms with Crippen LogP contribution in [0.5, 0.6) is 0 Å². The molecule has 0 atom stereocenters. The molecule has 114 valence electrons. The largest absolute Gasteiger partial charge is 0.392 e. The minimum absolute atomic E-state index is 0.0119. The number of fused-ring (bicyclic) bond motifs is 3. The Kier molecular flexibility index (Phi) is 3.36. The molecule has 1 aliphatic heterocycles. The van der Waals surface area contributed by atoms with E-state index in [9.17, 15) is 9.90 Å². The summed E-state index contributed by atoms with van der Waals surface area (Å²) in [4.78, 5) is 13.0. The lowest BCUT2D eigenvalue weighted by Gasteiger charge is -2.25. The minimum atomic E-state index is -0.0796. The Labute approximate surface area is 134 Å². The van der Waals surface area contributed by atoms with Crippen molar-refractivity contribution >= 4 is 0 Å². The van der Waals surface area contributed by atoms with Gasteiger partial charge in [-0.2, -0.15) is 0 Å². The van der Waals surface area contributed by atoms with Crippen molar-refractivity contribution < 1.29 is 5.11 Å². The van der Waals surface area contributed by atoms with E-state index in [1.54, 1.807) is 0 Å². The van der Waals surface area contributed by atoms with Crippen LogP contribution in [0.3, 0.4) is 0 Å². The fourth-order valence-corrected chi connectivity index (χ4v) is 3.40. The zero-order chi connectivity index (χ0) is 15.8. The van der Waals surface area contributed by atoms with Crippen LogP contribution in [0.1, 0.15) is 11.1 Å². The molecule has 3 aromatic rings. The first kappa shape index (κ1) is 14.0. The highest BCUT2D eigenvalue weighted by Gasteiger charge is 2.22. The van der Waals surface area contributed by atoms with Crippen LogP contribution < -0.4 is 5.56 Å². The van der Waals surface area contributed by atoms with E-state index in [0.717, 1.165) is 28.8 Å². The van der Waals surface area contributed by atoms with Crippen molar-refractivity contribution in [2.45, 2.75) is 19.6 Å². The second-order valence-corrected chi connectivity index (χ2v) is 5.82. The second-order valence-electron chi connectivity index (χ2n) is 5.82. The average Bonchev–Trinajstić information content (AvgIpc) is 2.62. The fourth-order valence-electron chi connectivity index (χ4n) is 3.40. The summed E-state index contributed by atoms with van der Waals surface area (Å²) in [5.74, 6) is 0. The minimum Gasteiger partial charge on any atom is -0.392 e. The Morgan fingerprint density at radius 2 is 1.70 bits per heavy atom. The highest BCUT2D eigenvalue weighted by Crippen LogP contribution is 2.32. The molecule has 2 aromatic carbocycles. The summed E-state index contributed by atoms with van der Waals surface area (Å²) < 4.78 is 1.82. The van der Waals surface area contributed by atoms with Gasteiger partial charge in [-0.25, -0.2) is 0 Å². The maximum Gasteiger partial charge on any atom is 0.258 e. The summed E-state index contributed by atoms with van der Waals surface area (Å²) >= 11 is 0. The van der Waals surface area contributed by atoms with Crippen molar-refractivity contribution in [1.29, 1.82) is 0 Å². The molecular formula is C20H17NO2. The molecule has 0 radical (unpaired) electrons. The summed E-state index contributed by atoms with van der Waals surface area (Å²) in [5.41, 5.74) is 5.50. The summed E-state index contributed by atoms with van der Waals surface area (Å²) in [7, 11) is 0. The Balaban J connectivity index is 2.02. The molecule has 2 heterocycles. The zero-order valence-corrected chi connectivity index (χ0v) is 12.7. The molecular weight excluding hydrogens is 286 g/mol. The Hall–Kier alpha value is -2.65. The van der Waals surface area contributed by atoms with E-state index >= 15 is 0 Å². The molecule has 1 aromatic heterocycles. The normalized spacial score (nSPS) is 12.6. The maximum atomic E-state index is 13.0. The molecule has 3 nitrogen and oxygen atoms in total. The van der Waals surface area contributed by atoms with Crippen LogP contribution in [-0.2, 0) is 19.6 Å². The van der Waals surface area contributed by atoms with Gasteiger partial charge in [0.15, 0.2) is 0 Å². The maximum absolute atomic E-state index is 13.0. The monoisotopic (exact) mass is 303 g/mol. The van der Waals surface area contributed by atoms with E-state index in [1.165, 1.54) is 5.56 Å². The Morgan fingerprint density at radius 1 is 0.957 bits per heavy atom. The van der Waals surface area contributed by atoms with Gasteiger partial charge >= 0.3 is 0 Å². The van der Waals surface area contributed by atoms with E-state index in [2.05, 4.69) is 6.07 Å². The number of aryl methyl sites for hydroxylation is 1. The van der Waals surface area contributed by atoms with Crippen molar-refractivity contribution in [1.82, 2.24) is 4.57 Å². The molecule has 0 bridgehead atoms. The number of aromatic nitrogens is 1. The molecule has 0 amide bonds. The first-order valence-corrected chi connectivity index (χ1v) is 7.81. The molecule has 1 N–H and O–H groups in total. The number of hydrogen-bond acceptors (Lipinski definition) is 2. The predicted octanol–water partition coefficient (Wildman–Crippen LogP) is 3.23. The highest BCUT2D eigenvalue weighted by atomic mass is 16.3. The number of nitrogens with zero attached hydrogens (tertiary/aromatic N) is 1. The van der Waals surface area contributed by atoms with Crippen LogP contribution in [0.2, 0.25) is 0 Å². The predicted molar refractivity (Wildman–Crippen MR) is 91.2 cm³/mol. The number of rotatable bonds is 2. The second kappa shape index (κ2) is 5.52. The van der Waals surface area contributed by atoms with Crippen molar-refractivity contribution in [3.63, 3.8) is 0 Å². The van der Waals surface area contributed by atoms with Gasteiger partial charge in [-0.05, 0) is 23.6 Å². The summed E-state index contributed by atoms with van der Waals surface area (Å²) in [6.07, 6.45) is 0.839. The van der Waals surface area contributed by atoms with Gasteiger partial charge in [-0.1, -0.05) is 54.6 Å². The number of aliphatic hydroxyl groups is 1. The molecule has 0 aliphatic carbocycles. The third-order valence-corrected chi connectivity index (χ3v) is 4.50. The molecule has 0 saturated carbocycles. The van der Waals surface area contributed by atoms with Crippen molar-refractivity contribution in [3.8, 4) is 22.4 Å². The van der Waals surface area contributed by atoms with Crippen LogP contribution in [-0.4, -0.2) is 9.67 Å². The molecule has 0 unspecified atom stereocenters. The van der Waals surface area contributed by atoms with E-state index in [0.29, 0.717) is 12.1 Å². The van der Waals surface area contributed by atoms with Crippen LogP contribution in [0.25, 0.3) is 22.4 Å². The lowest BCUT2D eigenvalue weighted by atomic mass is 9.93. The third kappa shape index (κ3) is 2.21. The van der Waals surface area contributed by atoms with Gasteiger partial charge in [0, 0.05) is 23.2 Å². The van der Waals surface area contributed by atoms with Crippen molar-refractivity contribution in [2.75, 3.05) is 0 Å². The van der Waals surface area contributed by atoms with Gasteiger partial charge in [-0.3, -0.25) is 4.79 Å². The highest BCUT2D eigenvalue weighted by molar-refractivity contribution is 5.73. The van der Waals surface area contributed by atoms with Crippen LogP contribution in [0, 0.1) is 0 Å². The third-order valence-electron chi connectivity index (χ3n) is 4.50. The van der Waals surface area contributed by atoms with Gasteiger partial charge in [0.25, 0.3) is 5.56 Å². The van der Waals surface area contributed by atoms with Gasteiger partial charge in [0.2, 0.25) is 0 Å². The smallest absolute Gasteiger partial charge is 0.258 e. The Bertz CT molecular complexity index is 926. The molecule has 3 heteroatoms. The standard InChI is InChI=1S/C20H17NO2/c22-13-16-12-18(14-6-2-1-3-7-14)20(23)21-11-10-15-8-4-5-9-17(15)19(16)21/h1-9,12,22H,10-11,13H2. The van der Waals surface area contributed by atoms with Gasteiger partial charge < -0.3 is 9.67 Å². The van der Waals surface area contributed by atoms with E-state index in [4.69, 9.17) is 0 Å². The van der Waals surface area contributed by atoms with Gasteiger partial charge in [-0.15, -0.1) is 0 Å². The van der Waals surface area contributed by atoms with Gasteiger partial charge in [0.1, 0.15) is 0 Å². The molecule has 0 saturated heterocycles. The number of hydrogen-bond donors (Lipinski definition) is 1. The topological polar surface area (TPSA) is 42.2 Å². The molecule has 4 rings (SSSR count). The zero-order valence-electron chi connectivity index (χ0n) is 12.7. The lowest BCUT2D eigenvalue weighted by Crippen LogP contribution is -2.28. The first-order valence-electron chi connectivity index (χ1n) is 7.81. The van der Waals surface area contributed by atoms with Crippen LogP contribution in [0.4, 0.5) is 0 Å². The van der Waals surface area contributed by atoms with Crippen molar-refractivity contribution in [3.05, 3.63) is 82.1 Å². The quantitative estimate of drug-likeness (QED) is 0.790. The molecule has 1 aliphatic rings. The van der Waals surface area contributed by atoms with E-state index in [1.807, 2.05) is 59.2 Å². The fraction of sp³-hybridized carbons (Fsp3) is 0.150. The van der Waals surface area contributed by atoms with E-state index in [-0.39, 0.29) is 12.2 Å². The van der Waals surface area contributed by atoms with Crippen molar-refractivity contribution in [2.24, 2.45) is 0 Å². The van der Waals surface area contributed by atoms with E-state index < -0.39 is 0 Å². The molecule has 0 fully saturated rings. The molecule has 0 spiro atoms.